The summed E-state index contributed by atoms with van der Waals surface area (Å²) in [6.45, 7) is 0.366. The Morgan fingerprint density at radius 2 is 2.24 bits per heavy atom. The first-order valence-corrected chi connectivity index (χ1v) is 6.37. The minimum Gasteiger partial charge on any atom is -0.497 e. The van der Waals surface area contributed by atoms with Crippen molar-refractivity contribution in [3.05, 3.63) is 27.7 Å². The fourth-order valence-electron chi connectivity index (χ4n) is 1.15. The summed E-state index contributed by atoms with van der Waals surface area (Å²) in [4.78, 5) is 0. The Balaban J connectivity index is 2.18. The zero-order chi connectivity index (χ0) is 12.3. The van der Waals surface area contributed by atoms with Gasteiger partial charge in [0.25, 0.3) is 5.19 Å². The van der Waals surface area contributed by atoms with Gasteiger partial charge in [0.15, 0.2) is 0 Å². The molecule has 0 aliphatic heterocycles. The molecule has 2 rings (SSSR count). The van der Waals surface area contributed by atoms with E-state index in [2.05, 4.69) is 26.1 Å². The van der Waals surface area contributed by atoms with Gasteiger partial charge in [-0.2, -0.15) is 0 Å². The molecule has 0 spiro atoms. The number of nitrogens with two attached hydrogens (primary N) is 1. The number of halogens is 1. The van der Waals surface area contributed by atoms with Crippen molar-refractivity contribution in [2.24, 2.45) is 5.73 Å². The van der Waals surface area contributed by atoms with Crippen LogP contribution in [-0.4, -0.2) is 17.3 Å². The number of ether oxygens (including phenoxy) is 2. The molecule has 0 unspecified atom stereocenters. The van der Waals surface area contributed by atoms with Crippen LogP contribution in [0.2, 0.25) is 0 Å². The summed E-state index contributed by atoms with van der Waals surface area (Å²) in [5.74, 6) is 1.41. The van der Waals surface area contributed by atoms with E-state index >= 15 is 0 Å². The quantitative estimate of drug-likeness (QED) is 0.939. The van der Waals surface area contributed by atoms with Gasteiger partial charge in [0.2, 0.25) is 0 Å². The molecule has 0 radical (unpaired) electrons. The number of nitrogens with zero attached hydrogens (tertiary/aromatic N) is 2. The zero-order valence-electron chi connectivity index (χ0n) is 9.01. The first kappa shape index (κ1) is 12.3. The van der Waals surface area contributed by atoms with Gasteiger partial charge in [-0.15, -0.1) is 5.10 Å². The molecule has 7 heteroatoms. The van der Waals surface area contributed by atoms with Crippen molar-refractivity contribution in [1.29, 1.82) is 0 Å². The van der Waals surface area contributed by atoms with Gasteiger partial charge in [-0.1, -0.05) is 16.4 Å². The van der Waals surface area contributed by atoms with Gasteiger partial charge in [0.05, 0.1) is 11.6 Å². The van der Waals surface area contributed by atoms with Gasteiger partial charge in [0.1, 0.15) is 16.5 Å². The summed E-state index contributed by atoms with van der Waals surface area (Å²) in [5, 5.41) is 8.96. The third kappa shape index (κ3) is 2.93. The maximum Gasteiger partial charge on any atom is 0.299 e. The zero-order valence-corrected chi connectivity index (χ0v) is 11.4. The second-order valence-corrected chi connectivity index (χ2v) is 4.94. The lowest BCUT2D eigenvalue weighted by atomic mass is 10.3. The third-order valence-electron chi connectivity index (χ3n) is 1.96. The van der Waals surface area contributed by atoms with Gasteiger partial charge >= 0.3 is 0 Å². The summed E-state index contributed by atoms with van der Waals surface area (Å²) in [6.07, 6.45) is 0. The minimum atomic E-state index is 0.366. The molecule has 2 aromatic rings. The van der Waals surface area contributed by atoms with Crippen LogP contribution in [0.4, 0.5) is 0 Å². The molecule has 0 aliphatic carbocycles. The van der Waals surface area contributed by atoms with E-state index in [0.29, 0.717) is 17.5 Å². The van der Waals surface area contributed by atoms with Crippen LogP contribution in [0.15, 0.2) is 22.7 Å². The van der Waals surface area contributed by atoms with Crippen molar-refractivity contribution >= 4 is 27.3 Å². The van der Waals surface area contributed by atoms with E-state index in [9.17, 15) is 0 Å². The molecule has 0 saturated carbocycles. The van der Waals surface area contributed by atoms with Crippen molar-refractivity contribution in [3.63, 3.8) is 0 Å². The smallest absolute Gasteiger partial charge is 0.299 e. The summed E-state index contributed by atoms with van der Waals surface area (Å²) < 4.78 is 11.5. The molecule has 0 atom stereocenters. The number of methoxy groups -OCH3 is 1. The van der Waals surface area contributed by atoms with E-state index in [4.69, 9.17) is 15.2 Å². The highest BCUT2D eigenvalue weighted by Crippen LogP contribution is 2.33. The van der Waals surface area contributed by atoms with Crippen molar-refractivity contribution in [1.82, 2.24) is 10.2 Å². The summed E-state index contributed by atoms with van der Waals surface area (Å²) >= 11 is 4.72. The van der Waals surface area contributed by atoms with E-state index in [-0.39, 0.29) is 0 Å². The lowest BCUT2D eigenvalue weighted by Gasteiger charge is -2.05. The van der Waals surface area contributed by atoms with Crippen molar-refractivity contribution < 1.29 is 9.47 Å². The molecule has 0 fully saturated rings. The van der Waals surface area contributed by atoms with Gasteiger partial charge < -0.3 is 15.2 Å². The maximum absolute atomic E-state index is 5.58. The van der Waals surface area contributed by atoms with Crippen LogP contribution < -0.4 is 15.2 Å². The van der Waals surface area contributed by atoms with E-state index < -0.39 is 0 Å². The molecule has 2 N–H and O–H groups in total. The fourth-order valence-corrected chi connectivity index (χ4v) is 2.17. The van der Waals surface area contributed by atoms with Gasteiger partial charge in [-0.05, 0) is 34.1 Å². The molecular weight excluding hydrogens is 306 g/mol. The highest BCUT2D eigenvalue weighted by atomic mass is 79.9. The minimum absolute atomic E-state index is 0.366. The normalized spacial score (nSPS) is 10.3. The van der Waals surface area contributed by atoms with Crippen molar-refractivity contribution in [3.8, 4) is 16.7 Å². The van der Waals surface area contributed by atoms with Crippen LogP contribution in [0.3, 0.4) is 0 Å². The molecule has 0 amide bonds. The predicted molar refractivity (Wildman–Crippen MR) is 68.6 cm³/mol. The van der Waals surface area contributed by atoms with Gasteiger partial charge in [-0.3, -0.25) is 0 Å². The summed E-state index contributed by atoms with van der Waals surface area (Å²) in [5.41, 5.74) is 5.45. The Hall–Kier alpha value is -1.18. The molecule has 0 bridgehead atoms. The molecule has 5 nitrogen and oxygen atoms in total. The monoisotopic (exact) mass is 315 g/mol. The topological polar surface area (TPSA) is 70.3 Å². The first-order valence-electron chi connectivity index (χ1n) is 4.76. The Morgan fingerprint density at radius 3 is 2.82 bits per heavy atom. The van der Waals surface area contributed by atoms with Crippen LogP contribution >= 0.6 is 27.3 Å². The highest BCUT2D eigenvalue weighted by molar-refractivity contribution is 9.10. The maximum atomic E-state index is 5.58. The third-order valence-corrected chi connectivity index (χ3v) is 3.40. The van der Waals surface area contributed by atoms with E-state index in [1.165, 1.54) is 11.3 Å². The molecule has 1 heterocycles. The van der Waals surface area contributed by atoms with Gasteiger partial charge in [0, 0.05) is 6.54 Å². The van der Waals surface area contributed by atoms with Crippen molar-refractivity contribution in [2.45, 2.75) is 6.54 Å². The molecule has 17 heavy (non-hydrogen) atoms. The van der Waals surface area contributed by atoms with Crippen LogP contribution in [0, 0.1) is 0 Å². The lowest BCUT2D eigenvalue weighted by molar-refractivity contribution is 0.412. The SMILES string of the molecule is COc1ccc(Oc2nnc(CN)s2)c(Br)c1. The Bertz CT molecular complexity index is 518. The molecule has 1 aromatic carbocycles. The number of aromatic nitrogens is 2. The largest absolute Gasteiger partial charge is 0.497 e. The van der Waals surface area contributed by atoms with Crippen molar-refractivity contribution in [2.75, 3.05) is 7.11 Å². The number of hydrogen-bond donors (Lipinski definition) is 1. The molecular formula is C10H10BrN3O2S. The summed E-state index contributed by atoms with van der Waals surface area (Å²) in [7, 11) is 1.61. The second-order valence-electron chi connectivity index (χ2n) is 3.06. The molecule has 90 valence electrons. The highest BCUT2D eigenvalue weighted by Gasteiger charge is 2.08. The van der Waals surface area contributed by atoms with Crippen LogP contribution in [0.5, 0.6) is 16.7 Å². The standard InChI is InChI=1S/C10H10BrN3O2S/c1-15-6-2-3-8(7(11)4-6)16-10-14-13-9(5-12)17-10/h2-4H,5,12H2,1H3. The number of benzene rings is 1. The average molecular weight is 316 g/mol. The number of hydrogen-bond acceptors (Lipinski definition) is 6. The number of rotatable bonds is 4. The molecule has 0 aliphatic rings. The first-order chi connectivity index (χ1) is 8.22. The lowest BCUT2D eigenvalue weighted by Crippen LogP contribution is -1.94. The van der Waals surface area contributed by atoms with E-state index in [0.717, 1.165) is 15.2 Å². The average Bonchev–Trinajstić information content (AvgIpc) is 2.79. The Labute approximate surface area is 111 Å². The van der Waals surface area contributed by atoms with Crippen LogP contribution in [0.1, 0.15) is 5.01 Å². The van der Waals surface area contributed by atoms with E-state index in [1.54, 1.807) is 13.2 Å². The predicted octanol–water partition coefficient (Wildman–Crippen LogP) is 2.56. The van der Waals surface area contributed by atoms with Crippen LogP contribution in [-0.2, 0) is 6.54 Å². The van der Waals surface area contributed by atoms with Crippen LogP contribution in [0.25, 0.3) is 0 Å². The van der Waals surface area contributed by atoms with Gasteiger partial charge in [-0.25, -0.2) is 0 Å². The van der Waals surface area contributed by atoms with E-state index in [1.807, 2.05) is 12.1 Å². The molecule has 1 aromatic heterocycles. The Morgan fingerprint density at radius 1 is 1.41 bits per heavy atom. The summed E-state index contributed by atoms with van der Waals surface area (Å²) in [6, 6.07) is 5.43. The molecule has 0 saturated heterocycles. The fraction of sp³-hybridized carbons (Fsp3) is 0.200. The Kier molecular flexibility index (Phi) is 3.93. The second kappa shape index (κ2) is 5.44.